The maximum atomic E-state index is 12.9. The maximum absolute atomic E-state index is 12.9. The van der Waals surface area contributed by atoms with Gasteiger partial charge in [-0.3, -0.25) is 4.79 Å². The first-order valence-corrected chi connectivity index (χ1v) is 8.82. The summed E-state index contributed by atoms with van der Waals surface area (Å²) in [6.45, 7) is 0. The third kappa shape index (κ3) is 4.94. The van der Waals surface area contributed by atoms with E-state index in [0.29, 0.717) is 22.1 Å². The number of amides is 1. The molecule has 3 aromatic rings. The number of carbonyl (C=O) groups is 1. The van der Waals surface area contributed by atoms with E-state index in [1.807, 2.05) is 12.1 Å². The van der Waals surface area contributed by atoms with Crippen molar-refractivity contribution in [1.82, 2.24) is 10.1 Å². The molecule has 26 heavy (non-hydrogen) atoms. The zero-order valence-electron chi connectivity index (χ0n) is 12.9. The molecule has 0 aliphatic carbocycles. The summed E-state index contributed by atoms with van der Waals surface area (Å²) in [5.41, 5.74) is 5.21. The third-order valence-electron chi connectivity index (χ3n) is 3.00. The molecule has 2 aromatic carbocycles. The van der Waals surface area contributed by atoms with Gasteiger partial charge in [0.1, 0.15) is 0 Å². The Morgan fingerprint density at radius 3 is 2.38 bits per heavy atom. The van der Waals surface area contributed by atoms with Crippen LogP contribution in [0.15, 0.2) is 40.9 Å². The molecular weight excluding hydrogens is 452 g/mol. The zero-order valence-corrected chi connectivity index (χ0v) is 16.0. The van der Waals surface area contributed by atoms with E-state index in [1.165, 1.54) is 6.07 Å². The molecule has 6 nitrogen and oxygen atoms in total. The van der Waals surface area contributed by atoms with Gasteiger partial charge in [0.2, 0.25) is 11.7 Å². The number of rotatable bonds is 3. The number of halogens is 4. The van der Waals surface area contributed by atoms with Gasteiger partial charge in [-0.1, -0.05) is 44.3 Å². The van der Waals surface area contributed by atoms with Gasteiger partial charge in [-0.2, -0.15) is 4.98 Å². The topological polar surface area (TPSA) is 102 Å². The SMILES string of the molecule is Clc1ccc(-c2noc(CBr)n2)cc1.NC(=O)c1c(Cl)ccc(O)c1F. The van der Waals surface area contributed by atoms with Crippen molar-refractivity contribution in [3.63, 3.8) is 0 Å². The van der Waals surface area contributed by atoms with Gasteiger partial charge in [-0.05, 0) is 36.4 Å². The summed E-state index contributed by atoms with van der Waals surface area (Å²) in [7, 11) is 0. The van der Waals surface area contributed by atoms with Crippen molar-refractivity contribution >= 4 is 45.0 Å². The molecule has 0 unspecified atom stereocenters. The number of benzene rings is 2. The summed E-state index contributed by atoms with van der Waals surface area (Å²) < 4.78 is 17.8. The first kappa shape index (κ1) is 20.2. The van der Waals surface area contributed by atoms with E-state index < -0.39 is 23.0 Å². The summed E-state index contributed by atoms with van der Waals surface area (Å²) in [6, 6.07) is 9.53. The minimum Gasteiger partial charge on any atom is -0.505 e. The summed E-state index contributed by atoms with van der Waals surface area (Å²) in [6.07, 6.45) is 0. The van der Waals surface area contributed by atoms with Crippen LogP contribution in [0, 0.1) is 5.82 Å². The quantitative estimate of drug-likeness (QED) is 0.555. The van der Waals surface area contributed by atoms with Crippen LogP contribution in [-0.2, 0) is 5.33 Å². The van der Waals surface area contributed by atoms with Crippen molar-refractivity contribution in [2.24, 2.45) is 5.73 Å². The van der Waals surface area contributed by atoms with Gasteiger partial charge in [-0.15, -0.1) is 0 Å². The van der Waals surface area contributed by atoms with Gasteiger partial charge < -0.3 is 15.4 Å². The second kappa shape index (κ2) is 8.98. The van der Waals surface area contributed by atoms with Crippen LogP contribution in [0.4, 0.5) is 4.39 Å². The first-order chi connectivity index (χ1) is 12.3. The highest BCUT2D eigenvalue weighted by Crippen LogP contribution is 2.25. The fourth-order valence-electron chi connectivity index (χ4n) is 1.79. The van der Waals surface area contributed by atoms with Crippen LogP contribution in [-0.4, -0.2) is 21.2 Å². The smallest absolute Gasteiger partial charge is 0.253 e. The lowest BCUT2D eigenvalue weighted by Gasteiger charge is -2.02. The highest BCUT2D eigenvalue weighted by molar-refractivity contribution is 9.08. The predicted molar refractivity (Wildman–Crippen MR) is 99.0 cm³/mol. The van der Waals surface area contributed by atoms with Crippen LogP contribution in [0.1, 0.15) is 16.2 Å². The van der Waals surface area contributed by atoms with Crippen LogP contribution in [0.25, 0.3) is 11.4 Å². The zero-order chi connectivity index (χ0) is 19.3. The first-order valence-electron chi connectivity index (χ1n) is 6.94. The Morgan fingerprint density at radius 2 is 1.88 bits per heavy atom. The lowest BCUT2D eigenvalue weighted by atomic mass is 10.2. The average molecular weight is 463 g/mol. The van der Waals surface area contributed by atoms with E-state index >= 15 is 0 Å². The monoisotopic (exact) mass is 461 g/mol. The van der Waals surface area contributed by atoms with Crippen LogP contribution in [0.5, 0.6) is 5.75 Å². The average Bonchev–Trinajstić information content (AvgIpc) is 3.09. The van der Waals surface area contributed by atoms with Gasteiger partial charge in [0, 0.05) is 10.6 Å². The number of nitrogens with two attached hydrogens (primary N) is 1. The van der Waals surface area contributed by atoms with Gasteiger partial charge in [0.15, 0.2) is 11.6 Å². The molecule has 0 saturated heterocycles. The molecular formula is C16H11BrCl2FN3O3. The van der Waals surface area contributed by atoms with Crippen LogP contribution in [0.3, 0.4) is 0 Å². The molecule has 0 fully saturated rings. The molecule has 0 aliphatic heterocycles. The standard InChI is InChI=1S/C9H6BrClN2O.C7H5ClFNO2/c10-5-8-12-9(13-14-8)6-1-3-7(11)4-2-6;8-3-1-2-4(11)6(9)5(3)7(10)12/h1-4H,5H2;1-2,11H,(H2,10,12). The predicted octanol–water partition coefficient (Wildman–Crippen LogP) is 4.57. The maximum Gasteiger partial charge on any atom is 0.253 e. The number of primary amides is 1. The number of alkyl halides is 1. The van der Waals surface area contributed by atoms with Crippen molar-refractivity contribution in [2.45, 2.75) is 5.33 Å². The molecule has 1 aromatic heterocycles. The largest absolute Gasteiger partial charge is 0.505 e. The molecule has 0 spiro atoms. The number of hydrogen-bond donors (Lipinski definition) is 2. The molecule has 0 atom stereocenters. The Balaban J connectivity index is 0.000000190. The van der Waals surface area contributed by atoms with Crippen molar-refractivity contribution in [1.29, 1.82) is 0 Å². The van der Waals surface area contributed by atoms with E-state index in [1.54, 1.807) is 12.1 Å². The van der Waals surface area contributed by atoms with Crippen LogP contribution < -0.4 is 5.73 Å². The Bertz CT molecular complexity index is 920. The number of aromatic hydroxyl groups is 1. The molecule has 136 valence electrons. The van der Waals surface area contributed by atoms with Crippen LogP contribution >= 0.6 is 39.1 Å². The molecule has 3 N–H and O–H groups in total. The second-order valence-corrected chi connectivity index (χ2v) is 6.18. The summed E-state index contributed by atoms with van der Waals surface area (Å²) in [4.78, 5) is 14.7. The van der Waals surface area contributed by atoms with Crippen molar-refractivity contribution in [2.75, 3.05) is 0 Å². The highest BCUT2D eigenvalue weighted by atomic mass is 79.9. The van der Waals surface area contributed by atoms with Gasteiger partial charge in [-0.25, -0.2) is 4.39 Å². The molecule has 10 heteroatoms. The molecule has 3 rings (SSSR count). The molecule has 1 amide bonds. The number of phenolic OH excluding ortho intramolecular Hbond substituents is 1. The van der Waals surface area contributed by atoms with Crippen molar-refractivity contribution < 1.29 is 18.8 Å². The lowest BCUT2D eigenvalue weighted by Crippen LogP contribution is -2.13. The van der Waals surface area contributed by atoms with E-state index in [0.717, 1.165) is 11.6 Å². The van der Waals surface area contributed by atoms with Gasteiger partial charge in [0.05, 0.1) is 15.9 Å². The molecule has 0 aliphatic rings. The van der Waals surface area contributed by atoms with Gasteiger partial charge >= 0.3 is 0 Å². The summed E-state index contributed by atoms with van der Waals surface area (Å²) >= 11 is 14.4. The molecule has 0 bridgehead atoms. The molecule has 1 heterocycles. The number of carbonyl (C=O) groups excluding carboxylic acids is 1. The second-order valence-electron chi connectivity index (χ2n) is 4.77. The minimum absolute atomic E-state index is 0.113. The molecule has 0 radical (unpaired) electrons. The number of hydrogen-bond acceptors (Lipinski definition) is 5. The number of phenols is 1. The Labute approximate surface area is 165 Å². The van der Waals surface area contributed by atoms with Crippen molar-refractivity contribution in [3.8, 4) is 17.1 Å². The Morgan fingerprint density at radius 1 is 1.23 bits per heavy atom. The summed E-state index contributed by atoms with van der Waals surface area (Å²) in [5.74, 6) is -1.59. The van der Waals surface area contributed by atoms with Gasteiger partial charge in [0.25, 0.3) is 5.91 Å². The fourth-order valence-corrected chi connectivity index (χ4v) is 2.39. The fraction of sp³-hybridized carbons (Fsp3) is 0.0625. The van der Waals surface area contributed by atoms with E-state index in [4.69, 9.17) is 38.6 Å². The lowest BCUT2D eigenvalue weighted by molar-refractivity contribution is 0.0996. The Kier molecular flexibility index (Phi) is 6.96. The minimum atomic E-state index is -1.09. The molecule has 0 saturated carbocycles. The Hall–Kier alpha value is -2.16. The van der Waals surface area contributed by atoms with E-state index in [-0.39, 0.29) is 5.02 Å². The van der Waals surface area contributed by atoms with E-state index in [2.05, 4.69) is 26.1 Å². The normalized spacial score (nSPS) is 10.2. The number of aromatic nitrogens is 2. The summed E-state index contributed by atoms with van der Waals surface area (Å²) in [5, 5.41) is 13.8. The van der Waals surface area contributed by atoms with Crippen LogP contribution in [0.2, 0.25) is 10.0 Å². The number of nitrogens with zero attached hydrogens (tertiary/aromatic N) is 2. The van der Waals surface area contributed by atoms with Crippen molar-refractivity contribution in [3.05, 3.63) is 63.7 Å². The van der Waals surface area contributed by atoms with E-state index in [9.17, 15) is 9.18 Å². The third-order valence-corrected chi connectivity index (χ3v) is 4.05. The highest BCUT2D eigenvalue weighted by Gasteiger charge is 2.16.